The van der Waals surface area contributed by atoms with Crippen LogP contribution in [0.25, 0.3) is 0 Å². The van der Waals surface area contributed by atoms with Crippen molar-refractivity contribution in [3.8, 4) is 5.75 Å². The number of Topliss-reactive ketones (excluding diaryl/α,β-unsaturated/α-hetero) is 1. The largest absolute Gasteiger partial charge is 0.494 e. The standard InChI is InChI=1S/C20H22FNO3/c1-24-19-8-7-16(13-18(19)21)20(23)17(15-5-3-2-4-6-15)14-22-9-11-25-12-10-22/h2-8,13,17H,9-12,14H2,1H3/p+1/t17-/m1/s1. The highest BCUT2D eigenvalue weighted by Gasteiger charge is 2.28. The Kier molecular flexibility index (Phi) is 5.79. The van der Waals surface area contributed by atoms with Crippen LogP contribution in [0.3, 0.4) is 0 Å². The Morgan fingerprint density at radius 2 is 1.92 bits per heavy atom. The second-order valence-electron chi connectivity index (χ2n) is 6.24. The average molecular weight is 344 g/mol. The molecule has 0 unspecified atom stereocenters. The van der Waals surface area contributed by atoms with Crippen LogP contribution in [-0.4, -0.2) is 45.7 Å². The summed E-state index contributed by atoms with van der Waals surface area (Å²) in [6.45, 7) is 3.87. The Bertz CT molecular complexity index is 714. The number of carbonyl (C=O) groups excluding carboxylic acids is 1. The summed E-state index contributed by atoms with van der Waals surface area (Å²) in [6, 6.07) is 14.1. The van der Waals surface area contributed by atoms with E-state index in [0.717, 1.165) is 18.7 Å². The van der Waals surface area contributed by atoms with Gasteiger partial charge in [0.25, 0.3) is 0 Å². The average Bonchev–Trinajstić information content (AvgIpc) is 2.67. The number of ether oxygens (including phenoxy) is 2. The molecule has 0 bridgehead atoms. The van der Waals surface area contributed by atoms with Crippen LogP contribution >= 0.6 is 0 Å². The number of ketones is 1. The fraction of sp³-hybridized carbons (Fsp3) is 0.350. The number of quaternary nitrogens is 1. The van der Waals surface area contributed by atoms with Crippen molar-refractivity contribution < 1.29 is 23.6 Å². The molecule has 1 atom stereocenters. The van der Waals surface area contributed by atoms with Gasteiger partial charge < -0.3 is 14.4 Å². The Morgan fingerprint density at radius 1 is 1.20 bits per heavy atom. The molecule has 3 rings (SSSR count). The molecule has 0 aromatic heterocycles. The smallest absolute Gasteiger partial charge is 0.176 e. The van der Waals surface area contributed by atoms with E-state index in [9.17, 15) is 9.18 Å². The second kappa shape index (κ2) is 8.23. The summed E-state index contributed by atoms with van der Waals surface area (Å²) in [6.07, 6.45) is 0. The highest BCUT2D eigenvalue weighted by atomic mass is 19.1. The highest BCUT2D eigenvalue weighted by molar-refractivity contribution is 6.01. The van der Waals surface area contributed by atoms with E-state index < -0.39 is 5.82 Å². The normalized spacial score (nSPS) is 16.4. The fourth-order valence-electron chi connectivity index (χ4n) is 3.22. The maximum atomic E-state index is 14.0. The zero-order valence-corrected chi connectivity index (χ0v) is 14.3. The number of hydrogen-bond donors (Lipinski definition) is 1. The van der Waals surface area contributed by atoms with Crippen molar-refractivity contribution in [3.05, 3.63) is 65.5 Å². The van der Waals surface area contributed by atoms with Crippen LogP contribution in [0.15, 0.2) is 48.5 Å². The highest BCUT2D eigenvalue weighted by Crippen LogP contribution is 2.23. The number of methoxy groups -OCH3 is 1. The van der Waals surface area contributed by atoms with Gasteiger partial charge in [0.05, 0.1) is 32.8 Å². The molecule has 0 saturated carbocycles. The lowest BCUT2D eigenvalue weighted by molar-refractivity contribution is -0.908. The number of rotatable bonds is 6. The van der Waals surface area contributed by atoms with E-state index in [1.807, 2.05) is 30.3 Å². The molecule has 1 heterocycles. The summed E-state index contributed by atoms with van der Waals surface area (Å²) in [4.78, 5) is 14.5. The zero-order chi connectivity index (χ0) is 17.6. The van der Waals surface area contributed by atoms with E-state index in [0.29, 0.717) is 25.3 Å². The summed E-state index contributed by atoms with van der Waals surface area (Å²) < 4.78 is 24.4. The Morgan fingerprint density at radius 3 is 2.56 bits per heavy atom. The molecule has 1 fully saturated rings. The molecular weight excluding hydrogens is 321 g/mol. The summed E-state index contributed by atoms with van der Waals surface area (Å²) in [7, 11) is 1.41. The lowest BCUT2D eigenvalue weighted by Crippen LogP contribution is -3.14. The van der Waals surface area contributed by atoms with Crippen molar-refractivity contribution in [1.82, 2.24) is 0 Å². The van der Waals surface area contributed by atoms with Crippen molar-refractivity contribution >= 4 is 5.78 Å². The van der Waals surface area contributed by atoms with Gasteiger partial charge in [-0.05, 0) is 23.8 Å². The predicted molar refractivity (Wildman–Crippen MR) is 92.8 cm³/mol. The van der Waals surface area contributed by atoms with E-state index in [2.05, 4.69) is 0 Å². The SMILES string of the molecule is COc1ccc(C(=O)[C@H](C[NH+]2CCOCC2)c2ccccc2)cc1F. The van der Waals surface area contributed by atoms with E-state index in [1.165, 1.54) is 24.1 Å². The van der Waals surface area contributed by atoms with Crippen LogP contribution in [0.4, 0.5) is 4.39 Å². The van der Waals surface area contributed by atoms with Crippen LogP contribution in [0.1, 0.15) is 21.8 Å². The third-order valence-electron chi connectivity index (χ3n) is 4.65. The van der Waals surface area contributed by atoms with E-state index >= 15 is 0 Å². The predicted octanol–water partition coefficient (Wildman–Crippen LogP) is 1.72. The molecule has 2 aromatic rings. The summed E-state index contributed by atoms with van der Waals surface area (Å²) in [5, 5.41) is 0. The van der Waals surface area contributed by atoms with Crippen molar-refractivity contribution in [3.63, 3.8) is 0 Å². The van der Waals surface area contributed by atoms with Gasteiger partial charge in [0.15, 0.2) is 17.3 Å². The van der Waals surface area contributed by atoms with Gasteiger partial charge >= 0.3 is 0 Å². The zero-order valence-electron chi connectivity index (χ0n) is 14.3. The monoisotopic (exact) mass is 344 g/mol. The number of carbonyl (C=O) groups is 1. The lowest BCUT2D eigenvalue weighted by Gasteiger charge is -2.27. The number of morpholine rings is 1. The second-order valence-corrected chi connectivity index (χ2v) is 6.24. The Hall–Kier alpha value is -2.24. The number of halogens is 1. The van der Waals surface area contributed by atoms with Crippen LogP contribution in [0.2, 0.25) is 0 Å². The molecule has 0 aliphatic carbocycles. The number of benzene rings is 2. The summed E-state index contributed by atoms with van der Waals surface area (Å²) in [5.74, 6) is -0.737. The van der Waals surface area contributed by atoms with Crippen molar-refractivity contribution in [2.24, 2.45) is 0 Å². The van der Waals surface area contributed by atoms with Crippen LogP contribution in [0.5, 0.6) is 5.75 Å². The minimum atomic E-state index is -0.515. The van der Waals surface area contributed by atoms with E-state index in [-0.39, 0.29) is 17.5 Å². The molecule has 25 heavy (non-hydrogen) atoms. The molecule has 4 nitrogen and oxygen atoms in total. The molecule has 1 aliphatic heterocycles. The van der Waals surface area contributed by atoms with Gasteiger partial charge in [0.1, 0.15) is 13.1 Å². The van der Waals surface area contributed by atoms with Gasteiger partial charge in [-0.3, -0.25) is 4.79 Å². The Labute approximate surface area is 147 Å². The van der Waals surface area contributed by atoms with Crippen LogP contribution in [-0.2, 0) is 4.74 Å². The van der Waals surface area contributed by atoms with Crippen molar-refractivity contribution in [2.75, 3.05) is 40.0 Å². The van der Waals surface area contributed by atoms with E-state index in [4.69, 9.17) is 9.47 Å². The maximum Gasteiger partial charge on any atom is 0.176 e. The fourth-order valence-corrected chi connectivity index (χ4v) is 3.22. The molecule has 1 aliphatic rings. The number of nitrogens with one attached hydrogen (secondary N) is 1. The summed E-state index contributed by atoms with van der Waals surface area (Å²) >= 11 is 0. The number of hydrogen-bond acceptors (Lipinski definition) is 3. The van der Waals surface area contributed by atoms with Gasteiger partial charge in [-0.2, -0.15) is 0 Å². The molecule has 2 aromatic carbocycles. The molecular formula is C20H23FNO3+. The summed E-state index contributed by atoms with van der Waals surface area (Å²) in [5.41, 5.74) is 1.34. The van der Waals surface area contributed by atoms with Crippen molar-refractivity contribution in [2.45, 2.75) is 5.92 Å². The van der Waals surface area contributed by atoms with Gasteiger partial charge in [0.2, 0.25) is 0 Å². The van der Waals surface area contributed by atoms with Crippen LogP contribution in [0, 0.1) is 5.82 Å². The third-order valence-corrected chi connectivity index (χ3v) is 4.65. The first kappa shape index (κ1) is 17.6. The molecule has 1 saturated heterocycles. The minimum Gasteiger partial charge on any atom is -0.494 e. The topological polar surface area (TPSA) is 40.0 Å². The first-order chi connectivity index (χ1) is 12.2. The van der Waals surface area contributed by atoms with Crippen molar-refractivity contribution in [1.29, 1.82) is 0 Å². The first-order valence-corrected chi connectivity index (χ1v) is 8.53. The minimum absolute atomic E-state index is 0.0632. The van der Waals surface area contributed by atoms with Gasteiger partial charge in [0, 0.05) is 5.56 Å². The Balaban J connectivity index is 1.87. The third kappa shape index (κ3) is 4.24. The quantitative estimate of drug-likeness (QED) is 0.811. The van der Waals surface area contributed by atoms with Crippen LogP contribution < -0.4 is 9.64 Å². The lowest BCUT2D eigenvalue weighted by atomic mass is 9.90. The maximum absolute atomic E-state index is 14.0. The molecule has 5 heteroatoms. The molecule has 0 radical (unpaired) electrons. The molecule has 0 spiro atoms. The van der Waals surface area contributed by atoms with E-state index in [1.54, 1.807) is 6.07 Å². The molecule has 1 N–H and O–H groups in total. The van der Waals surface area contributed by atoms with Gasteiger partial charge in [-0.15, -0.1) is 0 Å². The molecule has 132 valence electrons. The first-order valence-electron chi connectivity index (χ1n) is 8.53. The van der Waals surface area contributed by atoms with Gasteiger partial charge in [-0.1, -0.05) is 30.3 Å². The molecule has 0 amide bonds. The van der Waals surface area contributed by atoms with Gasteiger partial charge in [-0.25, -0.2) is 4.39 Å².